The van der Waals surface area contributed by atoms with E-state index in [1.165, 1.54) is 0 Å². The monoisotopic (exact) mass is 252 g/mol. The Labute approximate surface area is 104 Å². The van der Waals surface area contributed by atoms with E-state index >= 15 is 0 Å². The van der Waals surface area contributed by atoms with Crippen LogP contribution < -0.4 is 5.73 Å². The Morgan fingerprint density at radius 2 is 1.88 bits per heavy atom. The van der Waals surface area contributed by atoms with E-state index in [0.29, 0.717) is 15.9 Å². The molecule has 0 atom stereocenters. The fourth-order valence-electron chi connectivity index (χ4n) is 1.57. The van der Waals surface area contributed by atoms with Gasteiger partial charge in [-0.1, -0.05) is 29.3 Å². The van der Waals surface area contributed by atoms with E-state index in [0.717, 1.165) is 16.7 Å². The van der Waals surface area contributed by atoms with Crippen LogP contribution in [0.4, 0.5) is 5.82 Å². The van der Waals surface area contributed by atoms with Gasteiger partial charge in [-0.05, 0) is 30.7 Å². The summed E-state index contributed by atoms with van der Waals surface area (Å²) in [4.78, 5) is 4.07. The van der Waals surface area contributed by atoms with Crippen molar-refractivity contribution in [3.05, 3.63) is 46.1 Å². The molecule has 0 spiro atoms. The van der Waals surface area contributed by atoms with Crippen molar-refractivity contribution in [1.29, 1.82) is 0 Å². The Morgan fingerprint density at radius 1 is 1.12 bits per heavy atom. The summed E-state index contributed by atoms with van der Waals surface area (Å²) in [6.45, 7) is 1.97. The first-order valence-corrected chi connectivity index (χ1v) is 5.51. The average molecular weight is 253 g/mol. The lowest BCUT2D eigenvalue weighted by molar-refractivity contribution is 1.29. The van der Waals surface area contributed by atoms with Crippen molar-refractivity contribution < 1.29 is 0 Å². The van der Waals surface area contributed by atoms with Gasteiger partial charge in [0.15, 0.2) is 0 Å². The van der Waals surface area contributed by atoms with Crippen molar-refractivity contribution in [1.82, 2.24) is 4.98 Å². The van der Waals surface area contributed by atoms with Crippen LogP contribution in [0.1, 0.15) is 5.56 Å². The highest BCUT2D eigenvalue weighted by atomic mass is 35.5. The van der Waals surface area contributed by atoms with Gasteiger partial charge < -0.3 is 5.73 Å². The average Bonchev–Trinajstić information content (AvgIpc) is 2.19. The third kappa shape index (κ3) is 2.13. The first-order valence-electron chi connectivity index (χ1n) is 4.75. The molecule has 2 N–H and O–H groups in total. The Hall–Kier alpha value is -1.25. The highest BCUT2D eigenvalue weighted by Crippen LogP contribution is 2.32. The molecule has 0 bridgehead atoms. The number of benzene rings is 1. The minimum absolute atomic E-state index is 0.506. The molecule has 0 saturated carbocycles. The number of anilines is 1. The van der Waals surface area contributed by atoms with Gasteiger partial charge in [-0.15, -0.1) is 0 Å². The van der Waals surface area contributed by atoms with Gasteiger partial charge in [0.25, 0.3) is 0 Å². The molecule has 2 nitrogen and oxygen atoms in total. The second-order valence-electron chi connectivity index (χ2n) is 3.55. The normalized spacial score (nSPS) is 10.4. The summed E-state index contributed by atoms with van der Waals surface area (Å²) in [6.07, 6.45) is 1.72. The SMILES string of the molecule is Cc1cc(N)ncc1-c1ccc(Cl)cc1Cl. The molecule has 0 aliphatic heterocycles. The molecule has 2 aromatic rings. The number of nitrogen functional groups attached to an aromatic ring is 1. The Kier molecular flexibility index (Phi) is 3.03. The zero-order valence-electron chi connectivity index (χ0n) is 8.67. The highest BCUT2D eigenvalue weighted by molar-refractivity contribution is 6.36. The van der Waals surface area contributed by atoms with Crippen LogP contribution in [0.15, 0.2) is 30.5 Å². The molecule has 82 valence electrons. The van der Waals surface area contributed by atoms with E-state index in [2.05, 4.69) is 4.98 Å². The van der Waals surface area contributed by atoms with Crippen LogP contribution in [0.3, 0.4) is 0 Å². The van der Waals surface area contributed by atoms with Crippen molar-refractivity contribution in [2.75, 3.05) is 5.73 Å². The van der Waals surface area contributed by atoms with E-state index in [9.17, 15) is 0 Å². The van der Waals surface area contributed by atoms with Crippen molar-refractivity contribution in [2.45, 2.75) is 6.92 Å². The summed E-state index contributed by atoms with van der Waals surface area (Å²) < 4.78 is 0. The molecular formula is C12H10Cl2N2. The summed E-state index contributed by atoms with van der Waals surface area (Å²) in [6, 6.07) is 7.22. The van der Waals surface area contributed by atoms with E-state index in [-0.39, 0.29) is 0 Å². The Bertz CT molecular complexity index is 489. The molecule has 0 fully saturated rings. The third-order valence-electron chi connectivity index (χ3n) is 2.35. The molecule has 0 aliphatic carbocycles. The van der Waals surface area contributed by atoms with Gasteiger partial charge in [0.05, 0.1) is 0 Å². The van der Waals surface area contributed by atoms with Gasteiger partial charge in [0.2, 0.25) is 0 Å². The topological polar surface area (TPSA) is 38.9 Å². The number of halogens is 2. The molecule has 1 heterocycles. The second-order valence-corrected chi connectivity index (χ2v) is 4.39. The number of pyridine rings is 1. The van der Waals surface area contributed by atoms with Crippen LogP contribution in [0.25, 0.3) is 11.1 Å². The van der Waals surface area contributed by atoms with E-state index in [4.69, 9.17) is 28.9 Å². The summed E-state index contributed by atoms with van der Waals surface area (Å²) >= 11 is 12.0. The minimum atomic E-state index is 0.506. The smallest absolute Gasteiger partial charge is 0.123 e. The number of nitrogens with zero attached hydrogens (tertiary/aromatic N) is 1. The van der Waals surface area contributed by atoms with E-state index < -0.39 is 0 Å². The van der Waals surface area contributed by atoms with Gasteiger partial charge in [0.1, 0.15) is 5.82 Å². The van der Waals surface area contributed by atoms with Gasteiger partial charge in [-0.25, -0.2) is 4.98 Å². The van der Waals surface area contributed by atoms with Crippen LogP contribution in [0, 0.1) is 6.92 Å². The van der Waals surface area contributed by atoms with Crippen LogP contribution in [0.2, 0.25) is 10.0 Å². The van der Waals surface area contributed by atoms with Gasteiger partial charge in [-0.2, -0.15) is 0 Å². The molecular weight excluding hydrogens is 243 g/mol. The summed E-state index contributed by atoms with van der Waals surface area (Å²) in [5.74, 6) is 0.506. The lowest BCUT2D eigenvalue weighted by Crippen LogP contribution is -1.93. The maximum atomic E-state index is 6.13. The van der Waals surface area contributed by atoms with Gasteiger partial charge in [0, 0.05) is 27.4 Å². The number of rotatable bonds is 1. The Morgan fingerprint density at radius 3 is 2.50 bits per heavy atom. The number of aromatic nitrogens is 1. The fourth-order valence-corrected chi connectivity index (χ4v) is 2.08. The number of hydrogen-bond acceptors (Lipinski definition) is 2. The molecule has 0 amide bonds. The molecule has 0 unspecified atom stereocenters. The van der Waals surface area contributed by atoms with Crippen LogP contribution in [0.5, 0.6) is 0 Å². The lowest BCUT2D eigenvalue weighted by atomic mass is 10.0. The standard InChI is InChI=1S/C12H10Cl2N2/c1-7-4-12(15)16-6-10(7)9-3-2-8(13)5-11(9)14/h2-6H,1H3,(H2,15,16). The predicted octanol–water partition coefficient (Wildman–Crippen LogP) is 3.95. The maximum Gasteiger partial charge on any atom is 0.123 e. The first kappa shape index (κ1) is 11.2. The maximum absolute atomic E-state index is 6.13. The fraction of sp³-hybridized carbons (Fsp3) is 0.0833. The molecule has 2 rings (SSSR count). The number of hydrogen-bond donors (Lipinski definition) is 1. The predicted molar refractivity (Wildman–Crippen MR) is 68.8 cm³/mol. The molecule has 0 aliphatic rings. The molecule has 16 heavy (non-hydrogen) atoms. The van der Waals surface area contributed by atoms with Crippen molar-refractivity contribution in [3.8, 4) is 11.1 Å². The van der Waals surface area contributed by atoms with Crippen molar-refractivity contribution in [2.24, 2.45) is 0 Å². The van der Waals surface area contributed by atoms with Crippen molar-refractivity contribution in [3.63, 3.8) is 0 Å². The summed E-state index contributed by atoms with van der Waals surface area (Å²) in [5.41, 5.74) is 8.52. The van der Waals surface area contributed by atoms with Gasteiger partial charge >= 0.3 is 0 Å². The van der Waals surface area contributed by atoms with E-state index in [1.54, 1.807) is 18.3 Å². The largest absolute Gasteiger partial charge is 0.384 e. The van der Waals surface area contributed by atoms with Crippen LogP contribution in [-0.4, -0.2) is 4.98 Å². The van der Waals surface area contributed by atoms with Crippen molar-refractivity contribution >= 4 is 29.0 Å². The summed E-state index contributed by atoms with van der Waals surface area (Å²) in [5, 5.41) is 1.23. The molecule has 1 aromatic carbocycles. The zero-order chi connectivity index (χ0) is 11.7. The summed E-state index contributed by atoms with van der Waals surface area (Å²) in [7, 11) is 0. The highest BCUT2D eigenvalue weighted by Gasteiger charge is 2.07. The quantitative estimate of drug-likeness (QED) is 0.835. The molecule has 0 radical (unpaired) electrons. The molecule has 4 heteroatoms. The Balaban J connectivity index is 2.59. The molecule has 1 aromatic heterocycles. The third-order valence-corrected chi connectivity index (χ3v) is 2.90. The minimum Gasteiger partial charge on any atom is -0.384 e. The number of nitrogens with two attached hydrogens (primary N) is 1. The molecule has 0 saturated heterocycles. The first-order chi connectivity index (χ1) is 7.58. The number of aryl methyl sites for hydroxylation is 1. The van der Waals surface area contributed by atoms with Crippen LogP contribution in [-0.2, 0) is 0 Å². The van der Waals surface area contributed by atoms with E-state index in [1.807, 2.05) is 19.1 Å². The zero-order valence-corrected chi connectivity index (χ0v) is 10.2. The second kappa shape index (κ2) is 4.32. The van der Waals surface area contributed by atoms with Gasteiger partial charge in [-0.3, -0.25) is 0 Å². The lowest BCUT2D eigenvalue weighted by Gasteiger charge is -2.08. The van der Waals surface area contributed by atoms with Crippen LogP contribution >= 0.6 is 23.2 Å².